The average Bonchev–Trinajstić information content (AvgIpc) is 2.31. The Kier molecular flexibility index (Phi) is 3.66. The topological polar surface area (TPSA) is 21.3 Å². The van der Waals surface area contributed by atoms with Crippen LogP contribution < -0.4 is 5.48 Å². The first-order chi connectivity index (χ1) is 4.84. The zero-order chi connectivity index (χ0) is 7.40. The summed E-state index contributed by atoms with van der Waals surface area (Å²) in [6, 6.07) is 0. The van der Waals surface area contributed by atoms with Gasteiger partial charge in [-0.3, -0.25) is 0 Å². The summed E-state index contributed by atoms with van der Waals surface area (Å²) in [5.41, 5.74) is 2.69. The van der Waals surface area contributed by atoms with Gasteiger partial charge in [0.25, 0.3) is 0 Å². The summed E-state index contributed by atoms with van der Waals surface area (Å²) in [4.78, 5) is 5.79. The van der Waals surface area contributed by atoms with Crippen LogP contribution in [0, 0.1) is 5.92 Å². The minimum atomic E-state index is 0.681. The van der Waals surface area contributed by atoms with E-state index in [1.807, 2.05) is 0 Å². The third kappa shape index (κ3) is 2.22. The van der Waals surface area contributed by atoms with Crippen LogP contribution in [0.25, 0.3) is 0 Å². The molecule has 0 aromatic rings. The van der Waals surface area contributed by atoms with Crippen molar-refractivity contribution < 1.29 is 4.84 Å². The first-order valence-corrected chi connectivity index (χ1v) is 4.68. The number of halogens is 1. The van der Waals surface area contributed by atoms with Crippen LogP contribution in [0.1, 0.15) is 19.3 Å². The van der Waals surface area contributed by atoms with E-state index in [1.54, 1.807) is 7.05 Å². The van der Waals surface area contributed by atoms with Crippen molar-refractivity contribution >= 4 is 15.9 Å². The summed E-state index contributed by atoms with van der Waals surface area (Å²) < 4.78 is 0. The molecule has 2 unspecified atom stereocenters. The molecule has 1 N–H and O–H groups in total. The molecule has 0 spiro atoms. The summed E-state index contributed by atoms with van der Waals surface area (Å²) in [7, 11) is 1.80. The second-order valence-electron chi connectivity index (χ2n) is 2.72. The molecular weight excluding hydrogens is 194 g/mol. The third-order valence-electron chi connectivity index (χ3n) is 2.01. The van der Waals surface area contributed by atoms with Crippen LogP contribution in [0.15, 0.2) is 0 Å². The van der Waals surface area contributed by atoms with Crippen molar-refractivity contribution in [3.8, 4) is 0 Å². The number of hydrogen-bond acceptors (Lipinski definition) is 2. The molecule has 1 rings (SSSR count). The Morgan fingerprint density at radius 2 is 2.40 bits per heavy atom. The summed E-state index contributed by atoms with van der Waals surface area (Å²) in [5.74, 6) is 0.715. The molecule has 0 saturated heterocycles. The van der Waals surface area contributed by atoms with E-state index < -0.39 is 0 Å². The van der Waals surface area contributed by atoms with Crippen molar-refractivity contribution in [1.82, 2.24) is 5.48 Å². The number of rotatable bonds is 3. The lowest BCUT2D eigenvalue weighted by Gasteiger charge is -2.12. The molecule has 1 aliphatic carbocycles. The van der Waals surface area contributed by atoms with Crippen molar-refractivity contribution in [3.05, 3.63) is 0 Å². The molecule has 1 saturated carbocycles. The minimum absolute atomic E-state index is 0.681. The monoisotopic (exact) mass is 207 g/mol. The van der Waals surface area contributed by atoms with Crippen LogP contribution in [0.2, 0.25) is 0 Å². The molecule has 0 radical (unpaired) electrons. The zero-order valence-electron chi connectivity index (χ0n) is 6.27. The third-order valence-corrected chi connectivity index (χ3v) is 3.21. The van der Waals surface area contributed by atoms with Gasteiger partial charge in [0, 0.05) is 11.9 Å². The smallest absolute Gasteiger partial charge is 0.0720 e. The van der Waals surface area contributed by atoms with Crippen molar-refractivity contribution in [3.63, 3.8) is 0 Å². The van der Waals surface area contributed by atoms with E-state index in [2.05, 4.69) is 21.4 Å². The molecule has 60 valence electrons. The maximum atomic E-state index is 5.11. The van der Waals surface area contributed by atoms with Gasteiger partial charge >= 0.3 is 0 Å². The van der Waals surface area contributed by atoms with Crippen LogP contribution in [0.5, 0.6) is 0 Å². The van der Waals surface area contributed by atoms with Gasteiger partial charge in [0.05, 0.1) is 6.61 Å². The summed E-state index contributed by atoms with van der Waals surface area (Å²) in [5, 5.41) is 0. The summed E-state index contributed by atoms with van der Waals surface area (Å²) in [6.07, 6.45) is 3.95. The maximum absolute atomic E-state index is 5.11. The number of hydroxylamine groups is 1. The highest BCUT2D eigenvalue weighted by molar-refractivity contribution is 9.09. The van der Waals surface area contributed by atoms with Crippen LogP contribution >= 0.6 is 15.9 Å². The second kappa shape index (κ2) is 4.31. The van der Waals surface area contributed by atoms with Gasteiger partial charge < -0.3 is 4.84 Å². The van der Waals surface area contributed by atoms with Gasteiger partial charge in [-0.1, -0.05) is 22.4 Å². The highest BCUT2D eigenvalue weighted by Gasteiger charge is 2.24. The summed E-state index contributed by atoms with van der Waals surface area (Å²) >= 11 is 3.63. The fourth-order valence-corrected chi connectivity index (χ4v) is 2.11. The fraction of sp³-hybridized carbons (Fsp3) is 1.00. The quantitative estimate of drug-likeness (QED) is 0.563. The van der Waals surface area contributed by atoms with E-state index in [1.165, 1.54) is 19.3 Å². The maximum Gasteiger partial charge on any atom is 0.0720 e. The predicted molar refractivity (Wildman–Crippen MR) is 45.1 cm³/mol. The predicted octanol–water partition coefficient (Wildman–Crippen LogP) is 1.70. The van der Waals surface area contributed by atoms with E-state index >= 15 is 0 Å². The van der Waals surface area contributed by atoms with Gasteiger partial charge in [-0.2, -0.15) is 0 Å². The summed E-state index contributed by atoms with van der Waals surface area (Å²) in [6.45, 7) is 0.840. The molecule has 1 fully saturated rings. The van der Waals surface area contributed by atoms with E-state index in [0.717, 1.165) is 6.61 Å². The fourth-order valence-electron chi connectivity index (χ4n) is 1.37. The van der Waals surface area contributed by atoms with Crippen molar-refractivity contribution in [1.29, 1.82) is 0 Å². The lowest BCUT2D eigenvalue weighted by atomic mass is 10.1. The van der Waals surface area contributed by atoms with E-state index in [-0.39, 0.29) is 0 Å². The molecule has 1 aliphatic rings. The van der Waals surface area contributed by atoms with Crippen molar-refractivity contribution in [2.24, 2.45) is 5.92 Å². The van der Waals surface area contributed by atoms with Crippen LogP contribution in [0.4, 0.5) is 0 Å². The largest absolute Gasteiger partial charge is 0.302 e. The van der Waals surface area contributed by atoms with Gasteiger partial charge in [-0.25, -0.2) is 5.48 Å². The molecule has 2 atom stereocenters. The highest BCUT2D eigenvalue weighted by atomic mass is 79.9. The molecule has 0 bridgehead atoms. The van der Waals surface area contributed by atoms with E-state index in [0.29, 0.717) is 10.7 Å². The van der Waals surface area contributed by atoms with Crippen LogP contribution in [0.3, 0.4) is 0 Å². The van der Waals surface area contributed by atoms with Gasteiger partial charge in [0.1, 0.15) is 0 Å². The lowest BCUT2D eigenvalue weighted by molar-refractivity contribution is 0.0345. The standard InChI is InChI=1S/C7H14BrNO/c1-9-10-5-6-3-2-4-7(6)8/h6-7,9H,2-5H2,1H3. The van der Waals surface area contributed by atoms with E-state index in [9.17, 15) is 0 Å². The van der Waals surface area contributed by atoms with Gasteiger partial charge in [0.15, 0.2) is 0 Å². The first-order valence-electron chi connectivity index (χ1n) is 3.77. The van der Waals surface area contributed by atoms with Crippen molar-refractivity contribution in [2.45, 2.75) is 24.1 Å². The number of nitrogens with one attached hydrogen (secondary N) is 1. The number of hydrogen-bond donors (Lipinski definition) is 1. The SMILES string of the molecule is CNOCC1CCCC1Br. The van der Waals surface area contributed by atoms with Gasteiger partial charge in [0.2, 0.25) is 0 Å². The molecule has 0 amide bonds. The average molecular weight is 208 g/mol. The Morgan fingerprint density at radius 3 is 2.90 bits per heavy atom. The molecule has 0 heterocycles. The Morgan fingerprint density at radius 1 is 1.60 bits per heavy atom. The molecule has 0 aromatic carbocycles. The molecule has 0 aromatic heterocycles. The first kappa shape index (κ1) is 8.50. The molecular formula is C7H14BrNO. The Balaban J connectivity index is 2.14. The highest BCUT2D eigenvalue weighted by Crippen LogP contribution is 2.31. The Hall–Kier alpha value is 0.400. The Bertz CT molecular complexity index is 99.6. The van der Waals surface area contributed by atoms with Gasteiger partial charge in [-0.05, 0) is 18.8 Å². The lowest BCUT2D eigenvalue weighted by Crippen LogP contribution is -2.19. The molecule has 2 nitrogen and oxygen atoms in total. The normalized spacial score (nSPS) is 33.0. The van der Waals surface area contributed by atoms with Crippen LogP contribution in [-0.2, 0) is 4.84 Å². The van der Waals surface area contributed by atoms with Gasteiger partial charge in [-0.15, -0.1) is 0 Å². The Labute approximate surface area is 70.4 Å². The molecule has 0 aliphatic heterocycles. The second-order valence-corrected chi connectivity index (χ2v) is 3.90. The van der Waals surface area contributed by atoms with Crippen LogP contribution in [-0.4, -0.2) is 18.5 Å². The minimum Gasteiger partial charge on any atom is -0.302 e. The zero-order valence-corrected chi connectivity index (χ0v) is 7.86. The van der Waals surface area contributed by atoms with E-state index in [4.69, 9.17) is 4.84 Å². The van der Waals surface area contributed by atoms with Crippen molar-refractivity contribution in [2.75, 3.05) is 13.7 Å². The molecule has 10 heavy (non-hydrogen) atoms. The molecule has 3 heteroatoms. The number of alkyl halides is 1.